The van der Waals surface area contributed by atoms with Gasteiger partial charge in [0.2, 0.25) is 0 Å². The van der Waals surface area contributed by atoms with Gasteiger partial charge in [0, 0.05) is 22.5 Å². The van der Waals surface area contributed by atoms with Gasteiger partial charge < -0.3 is 4.57 Å². The maximum atomic E-state index is 9.43. The third-order valence-corrected chi connectivity index (χ3v) is 3.87. The quantitative estimate of drug-likeness (QED) is 0.697. The average Bonchev–Trinajstić information content (AvgIpc) is 2.71. The molecule has 0 bridgehead atoms. The number of nitrogens with zero attached hydrogens (tertiary/aromatic N) is 2. The molecule has 1 aromatic carbocycles. The highest BCUT2D eigenvalue weighted by molar-refractivity contribution is 6.30. The molecular formula is C18H19ClN2. The van der Waals surface area contributed by atoms with Crippen LogP contribution in [0.4, 0.5) is 0 Å². The zero-order valence-corrected chi connectivity index (χ0v) is 13.6. The second kappa shape index (κ2) is 6.20. The Balaban J connectivity index is 2.49. The van der Waals surface area contributed by atoms with Gasteiger partial charge in [0.05, 0.1) is 11.6 Å². The largest absolute Gasteiger partial charge is 0.346 e. The molecule has 0 saturated carbocycles. The van der Waals surface area contributed by atoms with Gasteiger partial charge in [0.25, 0.3) is 0 Å². The van der Waals surface area contributed by atoms with E-state index < -0.39 is 0 Å². The molecule has 2 nitrogen and oxygen atoms in total. The van der Waals surface area contributed by atoms with Crippen molar-refractivity contribution in [1.82, 2.24) is 4.57 Å². The topological polar surface area (TPSA) is 28.7 Å². The molecule has 2 aromatic rings. The first-order valence-electron chi connectivity index (χ1n) is 7.00. The lowest BCUT2D eigenvalue weighted by Gasteiger charge is -2.13. The van der Waals surface area contributed by atoms with E-state index in [1.165, 1.54) is 11.4 Å². The summed E-state index contributed by atoms with van der Waals surface area (Å²) < 4.78 is 2.28. The fourth-order valence-corrected chi connectivity index (χ4v) is 2.83. The van der Waals surface area contributed by atoms with Gasteiger partial charge in [-0.25, -0.2) is 0 Å². The van der Waals surface area contributed by atoms with Gasteiger partial charge >= 0.3 is 0 Å². The summed E-state index contributed by atoms with van der Waals surface area (Å²) in [5.41, 5.74) is 5.02. The number of halogens is 1. The van der Waals surface area contributed by atoms with E-state index in [1.54, 1.807) is 12.1 Å². The second-order valence-corrected chi connectivity index (χ2v) is 5.90. The monoisotopic (exact) mass is 298 g/mol. The van der Waals surface area contributed by atoms with E-state index in [9.17, 15) is 5.26 Å². The van der Waals surface area contributed by atoms with Crippen LogP contribution >= 0.6 is 11.6 Å². The van der Waals surface area contributed by atoms with Crippen LogP contribution in [0.1, 0.15) is 42.4 Å². The number of aryl methyl sites for hydroxylation is 1. The van der Waals surface area contributed by atoms with Gasteiger partial charge in [-0.05, 0) is 63.1 Å². The van der Waals surface area contributed by atoms with Crippen molar-refractivity contribution in [2.24, 2.45) is 0 Å². The summed E-state index contributed by atoms with van der Waals surface area (Å²) in [5.74, 6) is 0. The predicted octanol–water partition coefficient (Wildman–Crippen LogP) is 5.40. The Morgan fingerprint density at radius 1 is 1.24 bits per heavy atom. The van der Waals surface area contributed by atoms with Gasteiger partial charge in [-0.3, -0.25) is 0 Å². The maximum Gasteiger partial charge on any atom is 0.0998 e. The molecule has 0 fully saturated rings. The number of nitriles is 1. The minimum atomic E-state index is 0.410. The van der Waals surface area contributed by atoms with E-state index in [2.05, 4.69) is 44.4 Å². The van der Waals surface area contributed by atoms with Crippen LogP contribution in [-0.2, 0) is 0 Å². The molecule has 0 N–H and O–H groups in total. The third kappa shape index (κ3) is 3.20. The molecule has 0 aliphatic rings. The van der Waals surface area contributed by atoms with Crippen molar-refractivity contribution in [3.05, 3.63) is 57.9 Å². The molecule has 21 heavy (non-hydrogen) atoms. The zero-order chi connectivity index (χ0) is 15.6. The van der Waals surface area contributed by atoms with Crippen molar-refractivity contribution in [2.75, 3.05) is 0 Å². The highest BCUT2D eigenvalue weighted by Crippen LogP contribution is 2.25. The second-order valence-electron chi connectivity index (χ2n) is 5.47. The Labute approximate surface area is 131 Å². The smallest absolute Gasteiger partial charge is 0.0998 e. The van der Waals surface area contributed by atoms with Crippen molar-refractivity contribution in [2.45, 2.75) is 33.7 Å². The van der Waals surface area contributed by atoms with E-state index in [0.717, 1.165) is 11.1 Å². The van der Waals surface area contributed by atoms with Crippen molar-refractivity contribution in [3.8, 4) is 6.07 Å². The van der Waals surface area contributed by atoms with Crippen LogP contribution in [0.25, 0.3) is 11.6 Å². The Bertz CT molecular complexity index is 713. The Kier molecular flexibility index (Phi) is 4.55. The summed E-state index contributed by atoms with van der Waals surface area (Å²) in [6, 6.07) is 12.2. The summed E-state index contributed by atoms with van der Waals surface area (Å²) >= 11 is 5.90. The first kappa shape index (κ1) is 15.4. The molecule has 1 heterocycles. The van der Waals surface area contributed by atoms with E-state index >= 15 is 0 Å². The van der Waals surface area contributed by atoms with E-state index in [1.807, 2.05) is 18.2 Å². The molecule has 2 rings (SSSR count). The average molecular weight is 299 g/mol. The molecule has 0 radical (unpaired) electrons. The van der Waals surface area contributed by atoms with Gasteiger partial charge in [0.15, 0.2) is 0 Å². The first-order valence-corrected chi connectivity index (χ1v) is 7.38. The van der Waals surface area contributed by atoms with Crippen LogP contribution in [0.5, 0.6) is 0 Å². The molecule has 0 amide bonds. The third-order valence-electron chi connectivity index (χ3n) is 3.62. The summed E-state index contributed by atoms with van der Waals surface area (Å²) in [4.78, 5) is 0. The number of hydrogen-bond acceptors (Lipinski definition) is 1. The predicted molar refractivity (Wildman–Crippen MR) is 89.2 cm³/mol. The summed E-state index contributed by atoms with van der Waals surface area (Å²) in [6.07, 6.45) is 1.95. The highest BCUT2D eigenvalue weighted by Gasteiger charge is 2.11. The molecule has 0 saturated heterocycles. The Morgan fingerprint density at radius 2 is 1.86 bits per heavy atom. The number of aromatic nitrogens is 1. The number of rotatable bonds is 3. The molecule has 0 unspecified atom stereocenters. The number of hydrogen-bond donors (Lipinski definition) is 0. The van der Waals surface area contributed by atoms with Crippen molar-refractivity contribution < 1.29 is 0 Å². The SMILES string of the molecule is Cc1cc(/C=C(/C#N)c2ccc(Cl)cc2)c(C)n1C(C)C. The molecular weight excluding hydrogens is 280 g/mol. The molecule has 3 heteroatoms. The van der Waals surface area contributed by atoms with Gasteiger partial charge in [-0.1, -0.05) is 23.7 Å². The summed E-state index contributed by atoms with van der Waals surface area (Å²) in [5, 5.41) is 10.1. The molecule has 0 spiro atoms. The number of allylic oxidation sites excluding steroid dienone is 1. The molecule has 0 aliphatic heterocycles. The fourth-order valence-electron chi connectivity index (χ4n) is 2.71. The lowest BCUT2D eigenvalue weighted by Crippen LogP contribution is -2.04. The Morgan fingerprint density at radius 3 is 2.33 bits per heavy atom. The van der Waals surface area contributed by atoms with E-state index in [-0.39, 0.29) is 0 Å². The minimum Gasteiger partial charge on any atom is -0.346 e. The van der Waals surface area contributed by atoms with E-state index in [4.69, 9.17) is 11.6 Å². The van der Waals surface area contributed by atoms with Crippen LogP contribution in [0.3, 0.4) is 0 Å². The summed E-state index contributed by atoms with van der Waals surface area (Å²) in [7, 11) is 0. The lowest BCUT2D eigenvalue weighted by atomic mass is 10.0. The Hall–Kier alpha value is -1.98. The molecule has 1 aromatic heterocycles. The van der Waals surface area contributed by atoms with Crippen LogP contribution in [-0.4, -0.2) is 4.57 Å². The summed E-state index contributed by atoms with van der Waals surface area (Å²) in [6.45, 7) is 8.52. The maximum absolute atomic E-state index is 9.43. The van der Waals surface area contributed by atoms with Gasteiger partial charge in [-0.2, -0.15) is 5.26 Å². The van der Waals surface area contributed by atoms with Gasteiger partial charge in [0.1, 0.15) is 0 Å². The van der Waals surface area contributed by atoms with Crippen LogP contribution in [0, 0.1) is 25.2 Å². The highest BCUT2D eigenvalue weighted by atomic mass is 35.5. The molecule has 108 valence electrons. The minimum absolute atomic E-state index is 0.410. The van der Waals surface area contributed by atoms with Crippen LogP contribution in [0.2, 0.25) is 5.02 Å². The fraction of sp³-hybridized carbons (Fsp3) is 0.278. The van der Waals surface area contributed by atoms with Crippen LogP contribution in [0.15, 0.2) is 30.3 Å². The lowest BCUT2D eigenvalue weighted by molar-refractivity contribution is 0.574. The normalized spacial score (nSPS) is 11.8. The molecule has 0 aliphatic carbocycles. The van der Waals surface area contributed by atoms with Crippen molar-refractivity contribution >= 4 is 23.3 Å². The zero-order valence-electron chi connectivity index (χ0n) is 12.8. The first-order chi connectivity index (χ1) is 9.93. The van der Waals surface area contributed by atoms with Crippen LogP contribution < -0.4 is 0 Å². The van der Waals surface area contributed by atoms with E-state index in [0.29, 0.717) is 16.6 Å². The molecule has 0 atom stereocenters. The number of benzene rings is 1. The van der Waals surface area contributed by atoms with Crippen molar-refractivity contribution in [1.29, 1.82) is 5.26 Å². The van der Waals surface area contributed by atoms with Gasteiger partial charge in [-0.15, -0.1) is 0 Å². The van der Waals surface area contributed by atoms with Crippen molar-refractivity contribution in [3.63, 3.8) is 0 Å². The standard InChI is InChI=1S/C18H19ClN2/c1-12(2)21-13(3)9-16(14(21)4)10-17(11-20)15-5-7-18(19)8-6-15/h5-10,12H,1-4H3/b17-10-.